The van der Waals surface area contributed by atoms with E-state index in [9.17, 15) is 0 Å². The normalized spacial score (nSPS) is 14.9. The first-order chi connectivity index (χ1) is 9.36. The predicted octanol–water partition coefficient (Wildman–Crippen LogP) is 4.29. The number of ether oxygens (including phenoxy) is 1. The van der Waals surface area contributed by atoms with Crippen LogP contribution in [0.25, 0.3) is 0 Å². The summed E-state index contributed by atoms with van der Waals surface area (Å²) in [7, 11) is 1.72. The lowest BCUT2D eigenvalue weighted by atomic mass is 9.78. The molecule has 1 N–H and O–H groups in total. The molecule has 2 atom stereocenters. The number of hydrogen-bond acceptors (Lipinski definition) is 2. The lowest BCUT2D eigenvalue weighted by Gasteiger charge is -2.31. The molecule has 2 heteroatoms. The molecule has 0 aliphatic carbocycles. The molecule has 1 aromatic carbocycles. The first kappa shape index (κ1) is 17.0. The van der Waals surface area contributed by atoms with Crippen LogP contribution >= 0.6 is 0 Å². The van der Waals surface area contributed by atoms with Crippen LogP contribution in [-0.2, 0) is 6.42 Å². The molecule has 0 saturated carbocycles. The van der Waals surface area contributed by atoms with Gasteiger partial charge in [0.15, 0.2) is 0 Å². The van der Waals surface area contributed by atoms with E-state index in [4.69, 9.17) is 4.74 Å². The second kappa shape index (κ2) is 7.68. The van der Waals surface area contributed by atoms with Gasteiger partial charge < -0.3 is 10.1 Å². The summed E-state index contributed by atoms with van der Waals surface area (Å²) in [5, 5.41) is 3.63. The molecule has 20 heavy (non-hydrogen) atoms. The van der Waals surface area contributed by atoms with Gasteiger partial charge in [-0.2, -0.15) is 0 Å². The number of rotatable bonds is 7. The van der Waals surface area contributed by atoms with Crippen molar-refractivity contribution < 1.29 is 4.74 Å². The fourth-order valence-electron chi connectivity index (χ4n) is 2.39. The van der Waals surface area contributed by atoms with Crippen LogP contribution < -0.4 is 10.1 Å². The van der Waals surface area contributed by atoms with Gasteiger partial charge in [-0.15, -0.1) is 0 Å². The lowest BCUT2D eigenvalue weighted by molar-refractivity contribution is 0.222. The Labute approximate surface area is 124 Å². The fourth-order valence-corrected chi connectivity index (χ4v) is 2.39. The molecule has 2 nitrogen and oxygen atoms in total. The quantitative estimate of drug-likeness (QED) is 0.803. The van der Waals surface area contributed by atoms with Gasteiger partial charge >= 0.3 is 0 Å². The van der Waals surface area contributed by atoms with E-state index in [1.807, 2.05) is 6.07 Å². The summed E-state index contributed by atoms with van der Waals surface area (Å²) < 4.78 is 5.31. The third kappa shape index (κ3) is 5.54. The molecule has 0 aliphatic rings. The smallest absolute Gasteiger partial charge is 0.119 e. The van der Waals surface area contributed by atoms with Crippen molar-refractivity contribution in [2.45, 2.75) is 53.5 Å². The van der Waals surface area contributed by atoms with E-state index < -0.39 is 0 Å². The minimum atomic E-state index is 0.363. The molecule has 0 spiro atoms. The average molecular weight is 277 g/mol. The van der Waals surface area contributed by atoms with Crippen molar-refractivity contribution >= 4 is 0 Å². The summed E-state index contributed by atoms with van der Waals surface area (Å²) in [6.45, 7) is 12.5. The lowest BCUT2D eigenvalue weighted by Crippen LogP contribution is -2.35. The van der Waals surface area contributed by atoms with E-state index in [2.05, 4.69) is 58.1 Å². The number of benzene rings is 1. The maximum atomic E-state index is 5.31. The third-order valence-corrected chi connectivity index (χ3v) is 4.23. The summed E-state index contributed by atoms with van der Waals surface area (Å²) in [5.74, 6) is 1.64. The molecule has 0 fully saturated rings. The molecular formula is C18H31NO. The highest BCUT2D eigenvalue weighted by atomic mass is 16.5. The SMILES string of the molecule is CCNC(Cc1cccc(OC)c1)CC(C)C(C)(C)C. The third-order valence-electron chi connectivity index (χ3n) is 4.23. The highest BCUT2D eigenvalue weighted by Gasteiger charge is 2.23. The number of hydrogen-bond donors (Lipinski definition) is 1. The molecular weight excluding hydrogens is 246 g/mol. The Kier molecular flexibility index (Phi) is 6.54. The minimum Gasteiger partial charge on any atom is -0.497 e. The molecule has 0 radical (unpaired) electrons. The topological polar surface area (TPSA) is 21.3 Å². The van der Waals surface area contributed by atoms with Gasteiger partial charge in [-0.3, -0.25) is 0 Å². The maximum Gasteiger partial charge on any atom is 0.119 e. The standard InChI is InChI=1S/C18H31NO/c1-7-19-16(11-14(2)18(3,4)5)12-15-9-8-10-17(13-15)20-6/h8-10,13-14,16,19H,7,11-12H2,1-6H3. The summed E-state index contributed by atoms with van der Waals surface area (Å²) >= 11 is 0. The highest BCUT2D eigenvalue weighted by Crippen LogP contribution is 2.29. The van der Waals surface area contributed by atoms with Crippen molar-refractivity contribution in [3.05, 3.63) is 29.8 Å². The number of likely N-dealkylation sites (N-methyl/N-ethyl adjacent to an activating group) is 1. The molecule has 114 valence electrons. The Morgan fingerprint density at radius 3 is 2.50 bits per heavy atom. The van der Waals surface area contributed by atoms with Crippen molar-refractivity contribution in [3.63, 3.8) is 0 Å². The van der Waals surface area contributed by atoms with E-state index in [-0.39, 0.29) is 0 Å². The molecule has 0 saturated heterocycles. The van der Waals surface area contributed by atoms with Gasteiger partial charge in [-0.05, 0) is 48.4 Å². The Morgan fingerprint density at radius 1 is 1.25 bits per heavy atom. The van der Waals surface area contributed by atoms with Crippen molar-refractivity contribution in [2.75, 3.05) is 13.7 Å². The van der Waals surface area contributed by atoms with Crippen LogP contribution in [0.3, 0.4) is 0 Å². The Bertz CT molecular complexity index is 395. The first-order valence-electron chi connectivity index (χ1n) is 7.73. The van der Waals surface area contributed by atoms with Crippen LogP contribution in [0.1, 0.15) is 46.6 Å². The van der Waals surface area contributed by atoms with Gasteiger partial charge in [0.2, 0.25) is 0 Å². The van der Waals surface area contributed by atoms with E-state index in [1.165, 1.54) is 12.0 Å². The van der Waals surface area contributed by atoms with Gasteiger partial charge in [0, 0.05) is 6.04 Å². The van der Waals surface area contributed by atoms with Crippen molar-refractivity contribution in [2.24, 2.45) is 11.3 Å². The minimum absolute atomic E-state index is 0.363. The molecule has 0 amide bonds. The molecule has 0 bridgehead atoms. The van der Waals surface area contributed by atoms with E-state index in [0.29, 0.717) is 17.4 Å². The van der Waals surface area contributed by atoms with E-state index >= 15 is 0 Å². The first-order valence-corrected chi connectivity index (χ1v) is 7.73. The van der Waals surface area contributed by atoms with Crippen LogP contribution in [0.4, 0.5) is 0 Å². The fraction of sp³-hybridized carbons (Fsp3) is 0.667. The average Bonchev–Trinajstić information content (AvgIpc) is 2.38. The predicted molar refractivity (Wildman–Crippen MR) is 87.4 cm³/mol. The zero-order valence-electron chi connectivity index (χ0n) is 14.0. The molecule has 0 aliphatic heterocycles. The van der Waals surface area contributed by atoms with Gasteiger partial charge in [-0.1, -0.05) is 46.8 Å². The molecule has 2 unspecified atom stereocenters. The van der Waals surface area contributed by atoms with E-state index in [0.717, 1.165) is 18.7 Å². The van der Waals surface area contributed by atoms with Crippen molar-refractivity contribution in [3.8, 4) is 5.75 Å². The van der Waals surface area contributed by atoms with Crippen LogP contribution in [0.5, 0.6) is 5.75 Å². The number of methoxy groups -OCH3 is 1. The van der Waals surface area contributed by atoms with Crippen LogP contribution in [-0.4, -0.2) is 19.7 Å². The summed E-state index contributed by atoms with van der Waals surface area (Å²) in [5.41, 5.74) is 1.71. The number of nitrogens with one attached hydrogen (secondary N) is 1. The molecule has 1 aromatic rings. The molecule has 1 rings (SSSR count). The van der Waals surface area contributed by atoms with E-state index in [1.54, 1.807) is 7.11 Å². The van der Waals surface area contributed by atoms with Crippen LogP contribution in [0.15, 0.2) is 24.3 Å². The Morgan fingerprint density at radius 2 is 1.95 bits per heavy atom. The molecule has 0 heterocycles. The van der Waals surface area contributed by atoms with Gasteiger partial charge in [0.25, 0.3) is 0 Å². The largest absolute Gasteiger partial charge is 0.497 e. The Balaban J connectivity index is 2.71. The second-order valence-electron chi connectivity index (χ2n) is 6.81. The van der Waals surface area contributed by atoms with Gasteiger partial charge in [-0.25, -0.2) is 0 Å². The van der Waals surface area contributed by atoms with Gasteiger partial charge in [0.1, 0.15) is 5.75 Å². The summed E-state index contributed by atoms with van der Waals surface area (Å²) in [6.07, 6.45) is 2.26. The summed E-state index contributed by atoms with van der Waals surface area (Å²) in [6, 6.07) is 8.94. The Hall–Kier alpha value is -1.02. The van der Waals surface area contributed by atoms with Crippen LogP contribution in [0, 0.1) is 11.3 Å². The second-order valence-corrected chi connectivity index (χ2v) is 6.81. The van der Waals surface area contributed by atoms with Crippen molar-refractivity contribution in [1.29, 1.82) is 0 Å². The summed E-state index contributed by atoms with van der Waals surface area (Å²) in [4.78, 5) is 0. The maximum absolute atomic E-state index is 5.31. The van der Waals surface area contributed by atoms with Crippen molar-refractivity contribution in [1.82, 2.24) is 5.32 Å². The highest BCUT2D eigenvalue weighted by molar-refractivity contribution is 5.29. The monoisotopic (exact) mass is 277 g/mol. The zero-order valence-corrected chi connectivity index (χ0v) is 14.0. The van der Waals surface area contributed by atoms with Crippen LogP contribution in [0.2, 0.25) is 0 Å². The van der Waals surface area contributed by atoms with Gasteiger partial charge in [0.05, 0.1) is 7.11 Å². The molecule has 0 aromatic heterocycles. The zero-order chi connectivity index (χ0) is 15.2.